The van der Waals surface area contributed by atoms with Crippen LogP contribution in [0.25, 0.3) is 0 Å². The highest BCUT2D eigenvalue weighted by atomic mass is 16.5. The second kappa shape index (κ2) is 5.60. The molecular formula is C19H23NO4. The molecule has 24 heavy (non-hydrogen) atoms. The molecule has 1 fully saturated rings. The van der Waals surface area contributed by atoms with E-state index >= 15 is 0 Å². The van der Waals surface area contributed by atoms with E-state index < -0.39 is 6.10 Å². The van der Waals surface area contributed by atoms with E-state index in [4.69, 9.17) is 14.6 Å². The zero-order chi connectivity index (χ0) is 16.9. The Kier molecular flexibility index (Phi) is 3.66. The van der Waals surface area contributed by atoms with Gasteiger partial charge < -0.3 is 19.5 Å². The zero-order valence-electron chi connectivity index (χ0n) is 14.1. The molecule has 4 rings (SSSR count). The molecule has 128 valence electrons. The number of methoxy groups -OCH3 is 1. The number of likely N-dealkylation sites (N-methyl/N-ethyl adjacent to an activating group) is 1. The maximum Gasteiger partial charge on any atom is 0.196 e. The predicted octanol–water partition coefficient (Wildman–Crippen LogP) is 1.46. The van der Waals surface area contributed by atoms with Gasteiger partial charge in [0.15, 0.2) is 23.4 Å². The Morgan fingerprint density at radius 1 is 1.54 bits per heavy atom. The van der Waals surface area contributed by atoms with Gasteiger partial charge >= 0.3 is 0 Å². The van der Waals surface area contributed by atoms with Gasteiger partial charge in [-0.2, -0.15) is 0 Å². The number of hydrogen-bond acceptors (Lipinski definition) is 5. The first kappa shape index (κ1) is 15.7. The van der Waals surface area contributed by atoms with Crippen molar-refractivity contribution in [2.45, 2.75) is 36.8 Å². The molecule has 1 N–H and O–H groups in total. The minimum absolute atomic E-state index is 0.0709. The van der Waals surface area contributed by atoms with Gasteiger partial charge in [0, 0.05) is 17.0 Å². The minimum Gasteiger partial charge on any atom is -0.493 e. The molecule has 3 aliphatic rings. The van der Waals surface area contributed by atoms with E-state index in [0.717, 1.165) is 31.6 Å². The lowest BCUT2D eigenvalue weighted by molar-refractivity contribution is -0.124. The summed E-state index contributed by atoms with van der Waals surface area (Å²) in [5.74, 6) is 1.37. The zero-order valence-corrected chi connectivity index (χ0v) is 14.1. The molecule has 0 aromatic heterocycles. The largest absolute Gasteiger partial charge is 0.493 e. The second-order valence-corrected chi connectivity index (χ2v) is 7.07. The molecule has 3 atom stereocenters. The van der Waals surface area contributed by atoms with Gasteiger partial charge in [-0.05, 0) is 50.6 Å². The third-order valence-corrected chi connectivity index (χ3v) is 5.90. The van der Waals surface area contributed by atoms with Crippen LogP contribution in [0.1, 0.15) is 24.0 Å². The van der Waals surface area contributed by atoms with Gasteiger partial charge in [0.05, 0.1) is 13.7 Å². The molecule has 1 aromatic carbocycles. The van der Waals surface area contributed by atoms with Gasteiger partial charge in [0.1, 0.15) is 0 Å². The monoisotopic (exact) mass is 329 g/mol. The lowest BCUT2D eigenvalue weighted by Crippen LogP contribution is -2.56. The first-order valence-electron chi connectivity index (χ1n) is 8.49. The average molecular weight is 329 g/mol. The van der Waals surface area contributed by atoms with E-state index in [9.17, 15) is 4.79 Å². The fourth-order valence-corrected chi connectivity index (χ4v) is 4.73. The number of carbonyl (C=O) groups is 1. The molecule has 5 heteroatoms. The van der Waals surface area contributed by atoms with E-state index in [1.165, 1.54) is 23.3 Å². The number of aliphatic hydroxyl groups excluding tert-OH is 1. The molecule has 0 radical (unpaired) electrons. The topological polar surface area (TPSA) is 59.0 Å². The number of carbonyl (C=O) groups excluding carboxylic acids is 1. The number of fused-ring (bicyclic) bond motifs is 1. The van der Waals surface area contributed by atoms with Crippen LogP contribution >= 0.6 is 0 Å². The van der Waals surface area contributed by atoms with Crippen molar-refractivity contribution in [3.8, 4) is 11.5 Å². The van der Waals surface area contributed by atoms with Crippen LogP contribution in [0.15, 0.2) is 24.3 Å². The van der Waals surface area contributed by atoms with Crippen LogP contribution < -0.4 is 9.47 Å². The first-order chi connectivity index (χ1) is 11.6. The number of aliphatic hydroxyl groups is 1. The first-order valence-corrected chi connectivity index (χ1v) is 8.49. The highest BCUT2D eigenvalue weighted by Gasteiger charge is 2.58. The SMILES string of the molecule is COc1ccc2c3c1O[C@@H](C(=O)/C=C\CO)C31CCN(C)[C@H](C2)C1. The summed E-state index contributed by atoms with van der Waals surface area (Å²) >= 11 is 0. The smallest absolute Gasteiger partial charge is 0.196 e. The Bertz CT molecular complexity index is 714. The van der Waals surface area contributed by atoms with Crippen molar-refractivity contribution < 1.29 is 19.4 Å². The molecule has 5 nitrogen and oxygen atoms in total. The molecule has 1 saturated heterocycles. The van der Waals surface area contributed by atoms with Crippen molar-refractivity contribution in [1.82, 2.24) is 4.90 Å². The van der Waals surface area contributed by atoms with Crippen molar-refractivity contribution in [2.24, 2.45) is 0 Å². The summed E-state index contributed by atoms with van der Waals surface area (Å²) in [4.78, 5) is 15.2. The van der Waals surface area contributed by atoms with Gasteiger partial charge in [0.25, 0.3) is 0 Å². The van der Waals surface area contributed by atoms with Crippen LogP contribution in [-0.2, 0) is 16.6 Å². The van der Waals surface area contributed by atoms with Crippen LogP contribution in [-0.4, -0.2) is 55.2 Å². The van der Waals surface area contributed by atoms with Crippen molar-refractivity contribution >= 4 is 5.78 Å². The molecule has 2 aliphatic heterocycles. The number of nitrogens with zero attached hydrogens (tertiary/aromatic N) is 1. The van der Waals surface area contributed by atoms with Crippen molar-refractivity contribution in [1.29, 1.82) is 0 Å². The maximum absolute atomic E-state index is 12.8. The van der Waals surface area contributed by atoms with E-state index in [2.05, 4.69) is 18.0 Å². The molecular weight excluding hydrogens is 306 g/mol. The van der Waals surface area contributed by atoms with Crippen LogP contribution in [0.4, 0.5) is 0 Å². The second-order valence-electron chi connectivity index (χ2n) is 7.07. The molecule has 0 saturated carbocycles. The van der Waals surface area contributed by atoms with E-state index in [1.54, 1.807) is 7.11 Å². The molecule has 1 spiro atoms. The Hall–Kier alpha value is -1.85. The lowest BCUT2D eigenvalue weighted by Gasteiger charge is -2.49. The third-order valence-electron chi connectivity index (χ3n) is 5.90. The van der Waals surface area contributed by atoms with Gasteiger partial charge in [-0.1, -0.05) is 12.1 Å². The summed E-state index contributed by atoms with van der Waals surface area (Å²) in [5, 5.41) is 8.99. The summed E-state index contributed by atoms with van der Waals surface area (Å²) in [6.45, 7) is 0.815. The maximum atomic E-state index is 12.8. The normalized spacial score (nSPS) is 31.0. The summed E-state index contributed by atoms with van der Waals surface area (Å²) in [7, 11) is 3.79. The van der Waals surface area contributed by atoms with Crippen molar-refractivity contribution in [2.75, 3.05) is 27.3 Å². The Labute approximate surface area is 141 Å². The van der Waals surface area contributed by atoms with Crippen LogP contribution in [0, 0.1) is 0 Å². The molecule has 2 heterocycles. The van der Waals surface area contributed by atoms with Crippen LogP contribution in [0.2, 0.25) is 0 Å². The number of ketones is 1. The third kappa shape index (κ3) is 2.04. The summed E-state index contributed by atoms with van der Waals surface area (Å²) < 4.78 is 11.7. The standard InChI is InChI=1S/C19H23NO4/c1-20-8-7-19-11-13(20)10-12-5-6-15(23-2)17(16(12)19)24-18(19)14(22)4-3-9-21/h3-6,13,18,21H,7-11H2,1-2H3/b4-3-/t13-,18+,19?/m1/s1. The highest BCUT2D eigenvalue weighted by molar-refractivity contribution is 5.96. The molecule has 0 amide bonds. The summed E-state index contributed by atoms with van der Waals surface area (Å²) in [6.07, 6.45) is 5.23. The molecule has 2 bridgehead atoms. The van der Waals surface area contributed by atoms with E-state index in [0.29, 0.717) is 11.8 Å². The van der Waals surface area contributed by atoms with Gasteiger partial charge in [-0.15, -0.1) is 0 Å². The Morgan fingerprint density at radius 2 is 2.38 bits per heavy atom. The number of benzene rings is 1. The van der Waals surface area contributed by atoms with Gasteiger partial charge in [-0.25, -0.2) is 0 Å². The quantitative estimate of drug-likeness (QED) is 0.848. The Balaban J connectivity index is 1.86. The highest BCUT2D eigenvalue weighted by Crippen LogP contribution is 2.58. The fraction of sp³-hybridized carbons (Fsp3) is 0.526. The number of likely N-dealkylation sites (tertiary alicyclic amines) is 1. The lowest BCUT2D eigenvalue weighted by atomic mass is 9.61. The van der Waals surface area contributed by atoms with Crippen molar-refractivity contribution in [3.05, 3.63) is 35.4 Å². The molecule has 1 unspecified atom stereocenters. The van der Waals surface area contributed by atoms with Crippen LogP contribution in [0.3, 0.4) is 0 Å². The summed E-state index contributed by atoms with van der Waals surface area (Å²) in [5.41, 5.74) is 2.18. The van der Waals surface area contributed by atoms with E-state index in [1.807, 2.05) is 6.07 Å². The van der Waals surface area contributed by atoms with Gasteiger partial charge in [0.2, 0.25) is 0 Å². The minimum atomic E-state index is -0.526. The van der Waals surface area contributed by atoms with Crippen LogP contribution in [0.5, 0.6) is 11.5 Å². The number of ether oxygens (including phenoxy) is 2. The molecule has 1 aromatic rings. The number of rotatable bonds is 4. The Morgan fingerprint density at radius 3 is 3.12 bits per heavy atom. The number of piperidine rings is 1. The molecule has 1 aliphatic carbocycles. The summed E-state index contributed by atoms with van der Waals surface area (Å²) in [6, 6.07) is 4.50. The van der Waals surface area contributed by atoms with Gasteiger partial charge in [-0.3, -0.25) is 4.79 Å². The predicted molar refractivity (Wildman–Crippen MR) is 89.7 cm³/mol. The average Bonchev–Trinajstić information content (AvgIpc) is 2.93. The number of hydrogen-bond donors (Lipinski definition) is 1. The fourth-order valence-electron chi connectivity index (χ4n) is 4.73. The van der Waals surface area contributed by atoms with Crippen molar-refractivity contribution in [3.63, 3.8) is 0 Å². The van der Waals surface area contributed by atoms with E-state index in [-0.39, 0.29) is 17.8 Å².